The summed E-state index contributed by atoms with van der Waals surface area (Å²) in [6.45, 7) is 4.23. The van der Waals surface area contributed by atoms with Crippen LogP contribution >= 0.6 is 0 Å². The van der Waals surface area contributed by atoms with Crippen LogP contribution in [0.3, 0.4) is 0 Å². The maximum atomic E-state index is 8.81. The number of azo groups is 1. The predicted octanol–water partition coefficient (Wildman–Crippen LogP) is 11.0. The number of aliphatic hydroxyl groups is 2. The van der Waals surface area contributed by atoms with E-state index in [1.807, 2.05) is 42.5 Å². The molecule has 0 aliphatic carbocycles. The maximum Gasteiger partial charge on any atom is 0.122 e. The lowest BCUT2D eigenvalue weighted by Crippen LogP contribution is -1.98. The van der Waals surface area contributed by atoms with E-state index in [0.29, 0.717) is 13.2 Å². The van der Waals surface area contributed by atoms with Gasteiger partial charge in [-0.25, -0.2) is 0 Å². The second kappa shape index (κ2) is 26.0. The Morgan fingerprint density at radius 3 is 1.33 bits per heavy atom. The minimum Gasteiger partial charge on any atom is -0.494 e. The molecule has 242 valence electrons. The summed E-state index contributed by atoms with van der Waals surface area (Å²) in [5, 5.41) is 26.4. The van der Waals surface area contributed by atoms with Crippen LogP contribution in [0.1, 0.15) is 134 Å². The van der Waals surface area contributed by atoms with Gasteiger partial charge in [-0.3, -0.25) is 0 Å². The second-order valence-electron chi connectivity index (χ2n) is 11.9. The second-order valence-corrected chi connectivity index (χ2v) is 11.9. The fourth-order valence-corrected chi connectivity index (χ4v) is 5.21. The van der Waals surface area contributed by atoms with Crippen LogP contribution in [0.4, 0.5) is 11.4 Å². The van der Waals surface area contributed by atoms with Gasteiger partial charge >= 0.3 is 0 Å². The molecule has 0 fully saturated rings. The normalized spacial score (nSPS) is 11.4. The molecule has 0 heterocycles. The Morgan fingerprint density at radius 1 is 0.465 bits per heavy atom. The maximum absolute atomic E-state index is 8.81. The van der Waals surface area contributed by atoms with Gasteiger partial charge in [-0.15, -0.1) is 0 Å². The van der Waals surface area contributed by atoms with Crippen molar-refractivity contribution in [2.24, 2.45) is 10.2 Å². The van der Waals surface area contributed by atoms with Crippen molar-refractivity contribution in [3.8, 4) is 11.5 Å². The van der Waals surface area contributed by atoms with Gasteiger partial charge in [0.1, 0.15) is 11.5 Å². The van der Waals surface area contributed by atoms with Gasteiger partial charge in [0.05, 0.1) is 24.6 Å². The zero-order valence-corrected chi connectivity index (χ0v) is 27.1. The van der Waals surface area contributed by atoms with E-state index in [0.717, 1.165) is 80.2 Å². The summed E-state index contributed by atoms with van der Waals surface area (Å²) in [4.78, 5) is 0. The van der Waals surface area contributed by atoms with Gasteiger partial charge in [-0.2, -0.15) is 10.2 Å². The van der Waals surface area contributed by atoms with Crippen molar-refractivity contribution in [2.45, 2.75) is 135 Å². The largest absolute Gasteiger partial charge is 0.494 e. The van der Waals surface area contributed by atoms with E-state index in [-0.39, 0.29) is 0 Å². The van der Waals surface area contributed by atoms with E-state index in [1.54, 1.807) is 0 Å². The van der Waals surface area contributed by atoms with E-state index >= 15 is 0 Å². The molecule has 2 aromatic carbocycles. The van der Waals surface area contributed by atoms with Crippen LogP contribution in [-0.4, -0.2) is 36.6 Å². The highest BCUT2D eigenvalue weighted by molar-refractivity contribution is 5.47. The summed E-state index contributed by atoms with van der Waals surface area (Å²) < 4.78 is 11.9. The van der Waals surface area contributed by atoms with Crippen LogP contribution in [0.25, 0.3) is 0 Å². The van der Waals surface area contributed by atoms with Crippen LogP contribution in [0, 0.1) is 6.92 Å². The molecule has 2 rings (SSSR count). The lowest BCUT2D eigenvalue weighted by atomic mass is 10.1. The molecule has 6 nitrogen and oxygen atoms in total. The van der Waals surface area contributed by atoms with E-state index in [4.69, 9.17) is 19.7 Å². The van der Waals surface area contributed by atoms with Gasteiger partial charge in [0.15, 0.2) is 0 Å². The molecule has 0 atom stereocenters. The Kier molecular flexibility index (Phi) is 22.2. The van der Waals surface area contributed by atoms with E-state index in [1.165, 1.54) is 89.9 Å². The first kappa shape index (κ1) is 36.8. The first-order chi connectivity index (χ1) is 21.2. The van der Waals surface area contributed by atoms with Gasteiger partial charge in [0.25, 0.3) is 0 Å². The minimum atomic E-state index is 0.332. The Bertz CT molecular complexity index is 948. The highest BCUT2D eigenvalue weighted by Gasteiger charge is 2.02. The monoisotopic (exact) mass is 596 g/mol. The zero-order valence-electron chi connectivity index (χ0n) is 27.1. The molecular formula is C37H60N2O4. The van der Waals surface area contributed by atoms with Crippen molar-refractivity contribution in [2.75, 3.05) is 26.4 Å². The fourth-order valence-electron chi connectivity index (χ4n) is 5.21. The standard InChI is InChI=1S/C37H60N2O4/c1-33-32-35(24-27-37(33)43-31-21-17-13-9-5-3-7-11-15-19-29-41)39-38-34-22-25-36(26-23-34)42-30-20-16-12-8-4-2-6-10-14-18-28-40/h22-27,32,40-41H,2-21,28-31H2,1H3/b39-38-. The molecule has 2 aromatic rings. The Morgan fingerprint density at radius 2 is 0.860 bits per heavy atom. The van der Waals surface area contributed by atoms with Gasteiger partial charge in [-0.05, 0) is 80.6 Å². The van der Waals surface area contributed by atoms with Gasteiger partial charge in [0.2, 0.25) is 0 Å². The Hall–Kier alpha value is -2.44. The van der Waals surface area contributed by atoms with Crippen molar-refractivity contribution in [1.82, 2.24) is 0 Å². The molecule has 0 radical (unpaired) electrons. The predicted molar refractivity (Wildman–Crippen MR) is 179 cm³/mol. The summed E-state index contributed by atoms with van der Waals surface area (Å²) >= 11 is 0. The highest BCUT2D eigenvalue weighted by atomic mass is 16.5. The number of nitrogens with zero attached hydrogens (tertiary/aromatic N) is 2. The number of benzene rings is 2. The van der Waals surface area contributed by atoms with Crippen LogP contribution in [0.15, 0.2) is 52.7 Å². The molecule has 0 spiro atoms. The van der Waals surface area contributed by atoms with E-state index < -0.39 is 0 Å². The summed E-state index contributed by atoms with van der Waals surface area (Å²) in [5.74, 6) is 1.80. The molecule has 0 aliphatic rings. The lowest BCUT2D eigenvalue weighted by Gasteiger charge is -2.09. The molecule has 0 aliphatic heterocycles. The molecule has 0 amide bonds. The topological polar surface area (TPSA) is 83.6 Å². The van der Waals surface area contributed by atoms with Crippen molar-refractivity contribution >= 4 is 11.4 Å². The zero-order chi connectivity index (χ0) is 30.6. The van der Waals surface area contributed by atoms with Crippen molar-refractivity contribution < 1.29 is 19.7 Å². The number of hydrogen-bond donors (Lipinski definition) is 2. The molecule has 0 unspecified atom stereocenters. The number of rotatable bonds is 28. The minimum absolute atomic E-state index is 0.332. The molecular weight excluding hydrogens is 536 g/mol. The third-order valence-corrected chi connectivity index (χ3v) is 7.91. The molecule has 6 heteroatoms. The summed E-state index contributed by atoms with van der Waals surface area (Å²) in [5.41, 5.74) is 2.71. The van der Waals surface area contributed by atoms with Crippen molar-refractivity contribution in [3.05, 3.63) is 48.0 Å². The quantitative estimate of drug-likeness (QED) is 0.0756. The third-order valence-electron chi connectivity index (χ3n) is 7.91. The highest BCUT2D eigenvalue weighted by Crippen LogP contribution is 2.26. The number of ether oxygens (including phenoxy) is 2. The van der Waals surface area contributed by atoms with Gasteiger partial charge in [0, 0.05) is 13.2 Å². The lowest BCUT2D eigenvalue weighted by molar-refractivity contribution is 0.282. The SMILES string of the molecule is Cc1cc(/N=N\c2ccc(OCCCCCCCCCCCCO)cc2)ccc1OCCCCCCCCCCCCO. The number of aryl methyl sites for hydroxylation is 1. The summed E-state index contributed by atoms with van der Waals surface area (Å²) in [7, 11) is 0. The first-order valence-electron chi connectivity index (χ1n) is 17.3. The number of hydrogen-bond acceptors (Lipinski definition) is 6. The molecule has 2 N–H and O–H groups in total. The van der Waals surface area contributed by atoms with Crippen molar-refractivity contribution in [3.63, 3.8) is 0 Å². The van der Waals surface area contributed by atoms with Gasteiger partial charge in [-0.1, -0.05) is 103 Å². The molecule has 0 saturated heterocycles. The molecule has 0 bridgehead atoms. The van der Waals surface area contributed by atoms with E-state index in [9.17, 15) is 0 Å². The van der Waals surface area contributed by atoms with E-state index in [2.05, 4.69) is 17.2 Å². The Balaban J connectivity index is 1.53. The summed E-state index contributed by atoms with van der Waals surface area (Å²) in [6, 6.07) is 13.8. The summed E-state index contributed by atoms with van der Waals surface area (Å²) in [6.07, 6.45) is 24.4. The van der Waals surface area contributed by atoms with Crippen molar-refractivity contribution in [1.29, 1.82) is 0 Å². The fraction of sp³-hybridized carbons (Fsp3) is 0.676. The van der Waals surface area contributed by atoms with Crippen LogP contribution in [0.2, 0.25) is 0 Å². The molecule has 0 aromatic heterocycles. The number of aliphatic hydroxyl groups excluding tert-OH is 2. The third kappa shape index (κ3) is 19.5. The Labute approximate surface area is 262 Å². The van der Waals surface area contributed by atoms with Crippen LogP contribution in [0.5, 0.6) is 11.5 Å². The smallest absolute Gasteiger partial charge is 0.122 e. The van der Waals surface area contributed by atoms with Crippen LogP contribution in [-0.2, 0) is 0 Å². The van der Waals surface area contributed by atoms with Gasteiger partial charge < -0.3 is 19.7 Å². The van der Waals surface area contributed by atoms with Crippen LogP contribution < -0.4 is 9.47 Å². The molecule has 0 saturated carbocycles. The average molecular weight is 597 g/mol. The molecule has 43 heavy (non-hydrogen) atoms. The number of unbranched alkanes of at least 4 members (excludes halogenated alkanes) is 18. The first-order valence-corrected chi connectivity index (χ1v) is 17.3. The average Bonchev–Trinajstić information content (AvgIpc) is 3.02.